The number of rotatable bonds is 5. The minimum atomic E-state index is -0.257. The minimum Gasteiger partial charge on any atom is -0.497 e. The third kappa shape index (κ3) is 2.98. The zero-order valence-corrected chi connectivity index (χ0v) is 14.4. The van der Waals surface area contributed by atoms with Crippen molar-refractivity contribution in [3.63, 3.8) is 0 Å². The fraction of sp³-hybridized carbons (Fsp3) is 0.211. The lowest BCUT2D eigenvalue weighted by Crippen LogP contribution is -2.00. The van der Waals surface area contributed by atoms with Crippen LogP contribution in [0.4, 0.5) is 0 Å². The summed E-state index contributed by atoms with van der Waals surface area (Å²) in [6.07, 6.45) is 1.63. The average Bonchev–Trinajstić information content (AvgIpc) is 2.96. The second-order valence-corrected chi connectivity index (χ2v) is 5.25. The largest absolute Gasteiger partial charge is 0.497 e. The second kappa shape index (κ2) is 6.76. The van der Waals surface area contributed by atoms with Gasteiger partial charge in [-0.25, -0.2) is 0 Å². The third-order valence-electron chi connectivity index (χ3n) is 3.89. The predicted octanol–water partition coefficient (Wildman–Crippen LogP) is 3.34. The molecule has 130 valence electrons. The minimum absolute atomic E-state index is 0.185. The van der Waals surface area contributed by atoms with Gasteiger partial charge in [0.2, 0.25) is 5.78 Å². The van der Waals surface area contributed by atoms with E-state index >= 15 is 0 Å². The summed E-state index contributed by atoms with van der Waals surface area (Å²) in [7, 11) is 6.16. The van der Waals surface area contributed by atoms with Gasteiger partial charge in [-0.3, -0.25) is 4.79 Å². The van der Waals surface area contributed by atoms with E-state index in [4.69, 9.17) is 23.7 Å². The maximum Gasteiger partial charge on any atom is 0.235 e. The maximum absolute atomic E-state index is 12.7. The molecule has 2 aromatic carbocycles. The van der Waals surface area contributed by atoms with Gasteiger partial charge in [-0.05, 0) is 18.2 Å². The SMILES string of the molecule is COc1ccc(C=C2Oc3cc(OC)cc(OC)c3C2=O)c(OC)c1. The van der Waals surface area contributed by atoms with E-state index in [0.29, 0.717) is 39.9 Å². The summed E-state index contributed by atoms with van der Waals surface area (Å²) < 4.78 is 26.8. The van der Waals surface area contributed by atoms with E-state index in [9.17, 15) is 4.79 Å². The molecule has 0 saturated heterocycles. The van der Waals surface area contributed by atoms with Gasteiger partial charge in [0.25, 0.3) is 0 Å². The number of ketones is 1. The van der Waals surface area contributed by atoms with Crippen molar-refractivity contribution >= 4 is 11.9 Å². The third-order valence-corrected chi connectivity index (χ3v) is 3.89. The van der Waals surface area contributed by atoms with Crippen molar-refractivity contribution in [2.75, 3.05) is 28.4 Å². The number of carbonyl (C=O) groups excluding carboxylic acids is 1. The molecule has 25 heavy (non-hydrogen) atoms. The Morgan fingerprint density at radius 3 is 2.16 bits per heavy atom. The average molecular weight is 342 g/mol. The van der Waals surface area contributed by atoms with Crippen molar-refractivity contribution in [1.82, 2.24) is 0 Å². The Morgan fingerprint density at radius 1 is 0.840 bits per heavy atom. The number of benzene rings is 2. The molecule has 0 aliphatic carbocycles. The second-order valence-electron chi connectivity index (χ2n) is 5.25. The molecule has 6 heteroatoms. The Morgan fingerprint density at radius 2 is 1.52 bits per heavy atom. The fourth-order valence-corrected chi connectivity index (χ4v) is 2.61. The lowest BCUT2D eigenvalue weighted by molar-refractivity contribution is 0.101. The van der Waals surface area contributed by atoms with Gasteiger partial charge in [-0.2, -0.15) is 0 Å². The number of carbonyl (C=O) groups is 1. The summed E-state index contributed by atoms with van der Waals surface area (Å²) in [5, 5.41) is 0. The molecule has 0 atom stereocenters. The number of ether oxygens (including phenoxy) is 5. The Bertz CT molecular complexity index is 853. The highest BCUT2D eigenvalue weighted by Crippen LogP contribution is 2.42. The van der Waals surface area contributed by atoms with Crippen LogP contribution in [0.1, 0.15) is 15.9 Å². The number of methoxy groups -OCH3 is 4. The first-order valence-electron chi connectivity index (χ1n) is 7.53. The van der Waals surface area contributed by atoms with Crippen molar-refractivity contribution in [3.05, 3.63) is 47.2 Å². The van der Waals surface area contributed by atoms with E-state index in [-0.39, 0.29) is 11.5 Å². The van der Waals surface area contributed by atoms with Gasteiger partial charge in [0.15, 0.2) is 5.76 Å². The predicted molar refractivity (Wildman–Crippen MR) is 92.0 cm³/mol. The molecule has 6 nitrogen and oxygen atoms in total. The van der Waals surface area contributed by atoms with Crippen molar-refractivity contribution in [2.45, 2.75) is 0 Å². The van der Waals surface area contributed by atoms with Crippen LogP contribution in [0.15, 0.2) is 36.1 Å². The van der Waals surface area contributed by atoms with Gasteiger partial charge < -0.3 is 23.7 Å². The zero-order valence-electron chi connectivity index (χ0n) is 14.4. The molecule has 1 aliphatic heterocycles. The Kier molecular flexibility index (Phi) is 4.52. The molecule has 3 rings (SSSR count). The monoisotopic (exact) mass is 342 g/mol. The topological polar surface area (TPSA) is 63.2 Å². The molecule has 0 amide bonds. The van der Waals surface area contributed by atoms with Crippen LogP contribution in [0.2, 0.25) is 0 Å². The number of hydrogen-bond acceptors (Lipinski definition) is 6. The van der Waals surface area contributed by atoms with Crippen LogP contribution in [0.25, 0.3) is 6.08 Å². The van der Waals surface area contributed by atoms with Crippen LogP contribution < -0.4 is 23.7 Å². The Balaban J connectivity index is 2.03. The van der Waals surface area contributed by atoms with Crippen molar-refractivity contribution < 1.29 is 28.5 Å². The molecular weight excluding hydrogens is 324 g/mol. The summed E-state index contributed by atoms with van der Waals surface area (Å²) in [5.41, 5.74) is 1.08. The van der Waals surface area contributed by atoms with E-state index in [0.717, 1.165) is 0 Å². The summed E-state index contributed by atoms with van der Waals surface area (Å²) >= 11 is 0. The van der Waals surface area contributed by atoms with Crippen molar-refractivity contribution in [1.29, 1.82) is 0 Å². The van der Waals surface area contributed by atoms with Gasteiger partial charge in [0.1, 0.15) is 34.3 Å². The van der Waals surface area contributed by atoms with Gasteiger partial charge in [-0.1, -0.05) is 0 Å². The highest BCUT2D eigenvalue weighted by Gasteiger charge is 2.32. The lowest BCUT2D eigenvalue weighted by Gasteiger charge is -2.08. The van der Waals surface area contributed by atoms with Crippen LogP contribution in [-0.4, -0.2) is 34.2 Å². The summed E-state index contributed by atoms with van der Waals surface area (Å²) in [6, 6.07) is 8.62. The van der Waals surface area contributed by atoms with E-state index in [2.05, 4.69) is 0 Å². The molecule has 1 heterocycles. The van der Waals surface area contributed by atoms with Crippen LogP contribution in [0.3, 0.4) is 0 Å². The summed E-state index contributed by atoms with van der Waals surface area (Å²) in [5.74, 6) is 2.52. The first-order chi connectivity index (χ1) is 12.1. The Hall–Kier alpha value is -3.15. The first kappa shape index (κ1) is 16.7. The molecule has 0 bridgehead atoms. The molecule has 0 unspecified atom stereocenters. The number of allylic oxidation sites excluding steroid dienone is 1. The fourth-order valence-electron chi connectivity index (χ4n) is 2.61. The highest BCUT2D eigenvalue weighted by atomic mass is 16.5. The molecule has 1 aliphatic rings. The van der Waals surface area contributed by atoms with E-state index < -0.39 is 0 Å². The van der Waals surface area contributed by atoms with Gasteiger partial charge in [0, 0.05) is 23.8 Å². The van der Waals surface area contributed by atoms with Gasteiger partial charge in [-0.15, -0.1) is 0 Å². The number of hydrogen-bond donors (Lipinski definition) is 0. The van der Waals surface area contributed by atoms with Crippen LogP contribution in [0, 0.1) is 0 Å². The zero-order chi connectivity index (χ0) is 18.0. The maximum atomic E-state index is 12.7. The van der Waals surface area contributed by atoms with Crippen LogP contribution in [0.5, 0.6) is 28.7 Å². The highest BCUT2D eigenvalue weighted by molar-refractivity contribution is 6.16. The van der Waals surface area contributed by atoms with E-state index in [1.807, 2.05) is 0 Å². The van der Waals surface area contributed by atoms with Crippen molar-refractivity contribution in [2.24, 2.45) is 0 Å². The molecular formula is C19H18O6. The smallest absolute Gasteiger partial charge is 0.235 e. The van der Waals surface area contributed by atoms with Crippen LogP contribution in [-0.2, 0) is 0 Å². The molecule has 0 N–H and O–H groups in total. The quantitative estimate of drug-likeness (QED) is 0.777. The van der Waals surface area contributed by atoms with E-state index in [1.165, 1.54) is 14.2 Å². The first-order valence-corrected chi connectivity index (χ1v) is 7.53. The molecule has 0 radical (unpaired) electrons. The van der Waals surface area contributed by atoms with Crippen LogP contribution >= 0.6 is 0 Å². The lowest BCUT2D eigenvalue weighted by atomic mass is 10.1. The number of fused-ring (bicyclic) bond motifs is 1. The molecule has 0 aromatic heterocycles. The molecule has 0 saturated carbocycles. The number of Topliss-reactive ketones (excluding diaryl/α,β-unsaturated/α-hetero) is 1. The van der Waals surface area contributed by atoms with Crippen molar-refractivity contribution in [3.8, 4) is 28.7 Å². The van der Waals surface area contributed by atoms with Gasteiger partial charge >= 0.3 is 0 Å². The molecule has 0 spiro atoms. The summed E-state index contributed by atoms with van der Waals surface area (Å²) in [4.78, 5) is 12.7. The molecule has 2 aromatic rings. The Labute approximate surface area is 145 Å². The van der Waals surface area contributed by atoms with E-state index in [1.54, 1.807) is 50.6 Å². The standard InChI is InChI=1S/C19H18O6/c1-21-12-6-5-11(14(8-12)23-3)7-17-19(20)18-15(24-4)9-13(22-2)10-16(18)25-17/h5-10H,1-4H3. The molecule has 0 fully saturated rings. The normalized spacial score (nSPS) is 14.1. The van der Waals surface area contributed by atoms with Gasteiger partial charge in [0.05, 0.1) is 28.4 Å². The summed E-state index contributed by atoms with van der Waals surface area (Å²) in [6.45, 7) is 0.